The van der Waals surface area contributed by atoms with Crippen LogP contribution in [0.15, 0.2) is 55.2 Å². The number of aryl methyl sites for hydroxylation is 2. The van der Waals surface area contributed by atoms with Gasteiger partial charge in [-0.05, 0) is 47.6 Å². The van der Waals surface area contributed by atoms with Crippen molar-refractivity contribution in [3.05, 3.63) is 77.4 Å². The second-order valence-electron chi connectivity index (χ2n) is 8.71. The number of fused-ring (bicyclic) bond motifs is 1. The van der Waals surface area contributed by atoms with Crippen molar-refractivity contribution in [2.24, 2.45) is 18.9 Å². The standard InChI is InChI=1S/C25H24FN5O2/c1-4-18-23(17-11-28-30(3)12-17)24(18)25(32)29-22-9-15-7-19(21(26)8-16(15)10-27-22)20-13-31(33)6-5-14(20)2/h5-13,18,23-24H,4H2,1-3H3,(H,27,29,32)/t18-,23+,24+/m1/s1. The van der Waals surface area contributed by atoms with Crippen molar-refractivity contribution in [3.8, 4) is 11.1 Å². The van der Waals surface area contributed by atoms with Crippen LogP contribution < -0.4 is 10.0 Å². The van der Waals surface area contributed by atoms with Crippen molar-refractivity contribution in [1.29, 1.82) is 0 Å². The fraction of sp³-hybridized carbons (Fsp3) is 0.280. The van der Waals surface area contributed by atoms with Crippen LogP contribution in [0.25, 0.3) is 21.9 Å². The fourth-order valence-corrected chi connectivity index (χ4v) is 4.79. The maximum atomic E-state index is 14.8. The highest BCUT2D eigenvalue weighted by molar-refractivity contribution is 5.97. The van der Waals surface area contributed by atoms with Gasteiger partial charge in [-0.1, -0.05) is 13.3 Å². The molecule has 0 spiro atoms. The van der Waals surface area contributed by atoms with E-state index in [9.17, 15) is 14.4 Å². The van der Waals surface area contributed by atoms with Crippen molar-refractivity contribution < 1.29 is 13.9 Å². The first-order chi connectivity index (χ1) is 15.9. The Balaban J connectivity index is 1.43. The molecule has 8 heteroatoms. The topological polar surface area (TPSA) is 86.8 Å². The van der Waals surface area contributed by atoms with Crippen LogP contribution in [0, 0.1) is 29.8 Å². The maximum Gasteiger partial charge on any atom is 0.229 e. The van der Waals surface area contributed by atoms with Crippen LogP contribution >= 0.6 is 0 Å². The molecule has 0 aliphatic heterocycles. The van der Waals surface area contributed by atoms with E-state index in [1.165, 1.54) is 18.5 Å². The minimum atomic E-state index is -0.432. The summed E-state index contributed by atoms with van der Waals surface area (Å²) in [7, 11) is 1.87. The van der Waals surface area contributed by atoms with Crippen molar-refractivity contribution in [1.82, 2.24) is 14.8 Å². The number of aromatic nitrogens is 4. The molecule has 1 aliphatic rings. The highest BCUT2D eigenvalue weighted by Gasteiger charge is 2.54. The number of nitrogens with one attached hydrogen (secondary N) is 1. The summed E-state index contributed by atoms with van der Waals surface area (Å²) in [5.41, 5.74) is 2.73. The highest BCUT2D eigenvalue weighted by atomic mass is 19.1. The van der Waals surface area contributed by atoms with Crippen LogP contribution in [0.5, 0.6) is 0 Å². The minimum Gasteiger partial charge on any atom is -0.619 e. The number of rotatable bonds is 5. The van der Waals surface area contributed by atoms with Crippen LogP contribution in [0.1, 0.15) is 30.4 Å². The quantitative estimate of drug-likeness (QED) is 0.370. The number of pyridine rings is 2. The molecule has 0 unspecified atom stereocenters. The Morgan fingerprint density at radius 1 is 1.24 bits per heavy atom. The zero-order valence-corrected chi connectivity index (χ0v) is 18.6. The van der Waals surface area contributed by atoms with E-state index in [-0.39, 0.29) is 23.7 Å². The third kappa shape index (κ3) is 3.82. The molecule has 1 fully saturated rings. The van der Waals surface area contributed by atoms with Gasteiger partial charge in [0.25, 0.3) is 0 Å². The number of amides is 1. The molecule has 1 amide bonds. The summed E-state index contributed by atoms with van der Waals surface area (Å²) in [5.74, 6) is 0.218. The second kappa shape index (κ2) is 7.95. The molecule has 168 valence electrons. The first kappa shape index (κ1) is 21.1. The van der Waals surface area contributed by atoms with Crippen molar-refractivity contribution in [2.75, 3.05) is 5.32 Å². The summed E-state index contributed by atoms with van der Waals surface area (Å²) >= 11 is 0. The highest BCUT2D eigenvalue weighted by Crippen LogP contribution is 2.56. The predicted octanol–water partition coefficient (Wildman–Crippen LogP) is 4.09. The molecule has 7 nitrogen and oxygen atoms in total. The number of carbonyl (C=O) groups excluding carboxylic acids is 1. The van der Waals surface area contributed by atoms with Crippen molar-refractivity contribution in [3.63, 3.8) is 0 Å². The molecule has 3 heterocycles. The van der Waals surface area contributed by atoms with E-state index in [2.05, 4.69) is 22.3 Å². The smallest absolute Gasteiger partial charge is 0.229 e. The number of hydrogen-bond donors (Lipinski definition) is 1. The Bertz CT molecular complexity index is 1380. The summed E-state index contributed by atoms with van der Waals surface area (Å²) in [5, 5.41) is 20.3. The summed E-state index contributed by atoms with van der Waals surface area (Å²) in [6.07, 6.45) is 8.98. The van der Waals surface area contributed by atoms with Gasteiger partial charge in [0.15, 0.2) is 12.4 Å². The van der Waals surface area contributed by atoms with Crippen LogP contribution in [-0.2, 0) is 11.8 Å². The average molecular weight is 445 g/mol. The third-order valence-electron chi connectivity index (χ3n) is 6.55. The first-order valence-corrected chi connectivity index (χ1v) is 10.9. The van der Waals surface area contributed by atoms with Gasteiger partial charge in [-0.15, -0.1) is 0 Å². The number of halogens is 1. The lowest BCUT2D eigenvalue weighted by atomic mass is 9.99. The molecule has 0 radical (unpaired) electrons. The van der Waals surface area contributed by atoms with Crippen LogP contribution in [0.3, 0.4) is 0 Å². The number of benzene rings is 1. The molecule has 1 saturated carbocycles. The second-order valence-corrected chi connectivity index (χ2v) is 8.71. The van der Waals surface area contributed by atoms with E-state index in [0.717, 1.165) is 22.9 Å². The molecular weight excluding hydrogens is 421 g/mol. The Hall–Kier alpha value is -3.81. The summed E-state index contributed by atoms with van der Waals surface area (Å²) in [4.78, 5) is 17.3. The Morgan fingerprint density at radius 2 is 2.06 bits per heavy atom. The molecule has 0 saturated heterocycles. The number of hydrogen-bond acceptors (Lipinski definition) is 4. The van der Waals surface area contributed by atoms with E-state index < -0.39 is 5.82 Å². The molecule has 1 N–H and O–H groups in total. The van der Waals surface area contributed by atoms with E-state index in [1.54, 1.807) is 29.1 Å². The summed E-state index contributed by atoms with van der Waals surface area (Å²) < 4.78 is 17.2. The molecule has 3 atom stereocenters. The third-order valence-corrected chi connectivity index (χ3v) is 6.55. The minimum absolute atomic E-state index is 0.0730. The van der Waals surface area contributed by atoms with Crippen LogP contribution in [0.4, 0.5) is 10.2 Å². The lowest BCUT2D eigenvalue weighted by molar-refractivity contribution is -0.604. The molecule has 5 rings (SSSR count). The van der Waals surface area contributed by atoms with E-state index in [0.29, 0.717) is 27.1 Å². The molecule has 33 heavy (non-hydrogen) atoms. The normalized spacial score (nSPS) is 19.6. The molecular formula is C25H24FN5O2. The van der Waals surface area contributed by atoms with E-state index in [1.807, 2.05) is 26.4 Å². The monoisotopic (exact) mass is 445 g/mol. The molecule has 4 aromatic rings. The van der Waals surface area contributed by atoms with Gasteiger partial charge in [-0.3, -0.25) is 9.48 Å². The van der Waals surface area contributed by atoms with Gasteiger partial charge in [-0.2, -0.15) is 9.83 Å². The predicted molar refractivity (Wildman–Crippen MR) is 123 cm³/mol. The Morgan fingerprint density at radius 3 is 2.79 bits per heavy atom. The number of carbonyl (C=O) groups is 1. The van der Waals surface area contributed by atoms with Crippen LogP contribution in [0.2, 0.25) is 0 Å². The van der Waals surface area contributed by atoms with Gasteiger partial charge in [0, 0.05) is 48.3 Å². The molecule has 1 aliphatic carbocycles. The van der Waals surface area contributed by atoms with E-state index in [4.69, 9.17) is 0 Å². The average Bonchev–Trinajstić information content (AvgIpc) is 3.38. The number of anilines is 1. The number of nitrogens with zero attached hydrogens (tertiary/aromatic N) is 4. The Labute approximate surface area is 190 Å². The fourth-order valence-electron chi connectivity index (χ4n) is 4.79. The van der Waals surface area contributed by atoms with E-state index >= 15 is 0 Å². The summed E-state index contributed by atoms with van der Waals surface area (Å²) in [6, 6.07) is 6.48. The molecule has 0 bridgehead atoms. The summed E-state index contributed by atoms with van der Waals surface area (Å²) in [6.45, 7) is 3.92. The Kier molecular flexibility index (Phi) is 5.08. The molecule has 1 aromatic carbocycles. The lowest BCUT2D eigenvalue weighted by Crippen LogP contribution is -2.24. The lowest BCUT2D eigenvalue weighted by Gasteiger charge is -2.10. The van der Waals surface area contributed by atoms with Gasteiger partial charge in [0.05, 0.1) is 11.8 Å². The van der Waals surface area contributed by atoms with Gasteiger partial charge in [0.2, 0.25) is 5.91 Å². The van der Waals surface area contributed by atoms with Crippen molar-refractivity contribution >= 4 is 22.5 Å². The van der Waals surface area contributed by atoms with Gasteiger partial charge in [-0.25, -0.2) is 9.37 Å². The van der Waals surface area contributed by atoms with Gasteiger partial charge in [0.1, 0.15) is 11.6 Å². The SMILES string of the molecule is CC[C@H]1[C@H](C(=O)Nc2cc3cc(-c4c[n+]([O-])ccc4C)c(F)cc3cn2)[C@H]1c1cnn(C)c1. The zero-order chi connectivity index (χ0) is 23.3. The molecule has 3 aromatic heterocycles. The van der Waals surface area contributed by atoms with Crippen molar-refractivity contribution in [2.45, 2.75) is 26.2 Å². The maximum absolute atomic E-state index is 14.8. The zero-order valence-electron chi connectivity index (χ0n) is 18.6. The first-order valence-electron chi connectivity index (χ1n) is 10.9. The van der Waals surface area contributed by atoms with Gasteiger partial charge >= 0.3 is 0 Å². The van der Waals surface area contributed by atoms with Crippen LogP contribution in [-0.4, -0.2) is 20.7 Å². The van der Waals surface area contributed by atoms with Gasteiger partial charge < -0.3 is 10.5 Å². The largest absolute Gasteiger partial charge is 0.619 e.